The predicted octanol–water partition coefficient (Wildman–Crippen LogP) is 3.32. The van der Waals surface area contributed by atoms with Crippen molar-refractivity contribution >= 4 is 0 Å². The Morgan fingerprint density at radius 1 is 0.950 bits per heavy atom. The maximum atomic E-state index is 13.8. The molecule has 0 aliphatic heterocycles. The molecule has 3 rings (SSSR count). The molecule has 4 heteroatoms. The van der Waals surface area contributed by atoms with Crippen LogP contribution in [0.2, 0.25) is 0 Å². The van der Waals surface area contributed by atoms with Crippen LogP contribution in [0.3, 0.4) is 0 Å². The van der Waals surface area contributed by atoms with E-state index in [0.717, 1.165) is 5.56 Å². The SMILES string of the molecule is Fc1ccccc1-c1ccnn1OCc1ccccc1. The van der Waals surface area contributed by atoms with Gasteiger partial charge in [-0.3, -0.25) is 0 Å². The van der Waals surface area contributed by atoms with Crippen molar-refractivity contribution in [3.05, 3.63) is 78.2 Å². The first kappa shape index (κ1) is 12.4. The first-order valence-electron chi connectivity index (χ1n) is 6.31. The molecule has 1 aromatic heterocycles. The fraction of sp³-hybridized carbons (Fsp3) is 0.0625. The maximum Gasteiger partial charge on any atom is 0.142 e. The smallest absolute Gasteiger partial charge is 0.142 e. The zero-order valence-corrected chi connectivity index (χ0v) is 10.7. The van der Waals surface area contributed by atoms with E-state index in [1.54, 1.807) is 30.5 Å². The van der Waals surface area contributed by atoms with Crippen LogP contribution in [0.5, 0.6) is 0 Å². The molecular weight excluding hydrogens is 255 g/mol. The minimum Gasteiger partial charge on any atom is -0.391 e. The Morgan fingerprint density at radius 2 is 1.70 bits per heavy atom. The number of aromatic nitrogens is 2. The van der Waals surface area contributed by atoms with Crippen LogP contribution in [0.4, 0.5) is 4.39 Å². The predicted molar refractivity (Wildman–Crippen MR) is 74.3 cm³/mol. The van der Waals surface area contributed by atoms with Crippen LogP contribution in [0.15, 0.2) is 66.9 Å². The van der Waals surface area contributed by atoms with Crippen molar-refractivity contribution in [2.24, 2.45) is 0 Å². The Balaban J connectivity index is 1.83. The van der Waals surface area contributed by atoms with Gasteiger partial charge in [0.2, 0.25) is 0 Å². The third-order valence-corrected chi connectivity index (χ3v) is 2.96. The number of rotatable bonds is 4. The van der Waals surface area contributed by atoms with E-state index >= 15 is 0 Å². The third-order valence-electron chi connectivity index (χ3n) is 2.96. The first-order chi connectivity index (χ1) is 9.84. The highest BCUT2D eigenvalue weighted by Gasteiger charge is 2.10. The summed E-state index contributed by atoms with van der Waals surface area (Å²) in [6, 6.07) is 18.1. The minimum absolute atomic E-state index is 0.294. The summed E-state index contributed by atoms with van der Waals surface area (Å²) in [4.78, 5) is 6.96. The molecule has 0 fully saturated rings. The standard InChI is InChI=1S/C16H13FN2O/c17-15-9-5-4-8-14(15)16-10-11-18-19(16)20-12-13-6-2-1-3-7-13/h1-11H,12H2. The van der Waals surface area contributed by atoms with E-state index < -0.39 is 0 Å². The zero-order valence-electron chi connectivity index (χ0n) is 10.7. The number of halogens is 1. The normalized spacial score (nSPS) is 10.4. The summed E-state index contributed by atoms with van der Waals surface area (Å²) in [5.41, 5.74) is 2.10. The maximum absolute atomic E-state index is 13.8. The van der Waals surface area contributed by atoms with Crippen LogP contribution in [-0.2, 0) is 6.61 Å². The van der Waals surface area contributed by atoms with E-state index in [1.165, 1.54) is 10.9 Å². The monoisotopic (exact) mass is 268 g/mol. The van der Waals surface area contributed by atoms with E-state index in [4.69, 9.17) is 4.84 Å². The summed E-state index contributed by atoms with van der Waals surface area (Å²) >= 11 is 0. The molecule has 0 saturated heterocycles. The van der Waals surface area contributed by atoms with Gasteiger partial charge in [0.05, 0.1) is 6.20 Å². The molecule has 0 N–H and O–H groups in total. The minimum atomic E-state index is -0.294. The lowest BCUT2D eigenvalue weighted by atomic mass is 10.1. The summed E-state index contributed by atoms with van der Waals surface area (Å²) in [6.45, 7) is 0.379. The molecule has 100 valence electrons. The number of benzene rings is 2. The van der Waals surface area contributed by atoms with Gasteiger partial charge in [-0.25, -0.2) is 4.39 Å². The Bertz CT molecular complexity index is 694. The fourth-order valence-electron chi connectivity index (χ4n) is 1.96. The van der Waals surface area contributed by atoms with Gasteiger partial charge in [0, 0.05) is 5.56 Å². The van der Waals surface area contributed by atoms with Gasteiger partial charge in [-0.2, -0.15) is 0 Å². The molecule has 0 saturated carbocycles. The van der Waals surface area contributed by atoms with Gasteiger partial charge in [-0.1, -0.05) is 47.3 Å². The highest BCUT2D eigenvalue weighted by molar-refractivity contribution is 5.59. The molecule has 0 aliphatic carbocycles. The lowest BCUT2D eigenvalue weighted by molar-refractivity contribution is 0.0735. The van der Waals surface area contributed by atoms with Crippen molar-refractivity contribution in [1.82, 2.24) is 9.94 Å². The zero-order chi connectivity index (χ0) is 13.8. The van der Waals surface area contributed by atoms with Gasteiger partial charge >= 0.3 is 0 Å². The Hall–Kier alpha value is -2.62. The first-order valence-corrected chi connectivity index (χ1v) is 6.31. The largest absolute Gasteiger partial charge is 0.391 e. The molecule has 0 radical (unpaired) electrons. The second-order valence-electron chi connectivity index (χ2n) is 4.33. The second kappa shape index (κ2) is 5.57. The molecule has 3 nitrogen and oxygen atoms in total. The molecule has 3 aromatic rings. The summed E-state index contributed by atoms with van der Waals surface area (Å²) in [5, 5.41) is 4.08. The van der Waals surface area contributed by atoms with Crippen LogP contribution in [-0.4, -0.2) is 9.94 Å². The summed E-state index contributed by atoms with van der Waals surface area (Å²) in [7, 11) is 0. The van der Waals surface area contributed by atoms with Gasteiger partial charge in [0.25, 0.3) is 0 Å². The second-order valence-corrected chi connectivity index (χ2v) is 4.33. The van der Waals surface area contributed by atoms with Gasteiger partial charge in [-0.15, -0.1) is 5.10 Å². The van der Waals surface area contributed by atoms with Crippen molar-refractivity contribution in [1.29, 1.82) is 0 Å². The van der Waals surface area contributed by atoms with Crippen molar-refractivity contribution in [3.63, 3.8) is 0 Å². The van der Waals surface area contributed by atoms with E-state index in [0.29, 0.717) is 17.9 Å². The van der Waals surface area contributed by atoms with Crippen molar-refractivity contribution in [3.8, 4) is 11.3 Å². The molecule has 0 aliphatic rings. The van der Waals surface area contributed by atoms with Crippen LogP contribution in [0, 0.1) is 5.82 Å². The molecule has 0 bridgehead atoms. The van der Waals surface area contributed by atoms with Crippen LogP contribution in [0.25, 0.3) is 11.3 Å². The quantitative estimate of drug-likeness (QED) is 0.725. The lowest BCUT2D eigenvalue weighted by Gasteiger charge is -2.09. The van der Waals surface area contributed by atoms with Crippen LogP contribution >= 0.6 is 0 Å². The molecule has 0 spiro atoms. The molecule has 2 aromatic carbocycles. The van der Waals surface area contributed by atoms with Gasteiger partial charge in [0.1, 0.15) is 18.1 Å². The molecular formula is C16H13FN2O. The van der Waals surface area contributed by atoms with Crippen molar-refractivity contribution < 1.29 is 9.23 Å². The number of hydrogen-bond donors (Lipinski definition) is 0. The van der Waals surface area contributed by atoms with Gasteiger partial charge < -0.3 is 4.84 Å². The molecule has 1 heterocycles. The van der Waals surface area contributed by atoms with E-state index in [1.807, 2.05) is 30.3 Å². The summed E-state index contributed by atoms with van der Waals surface area (Å²) in [5.74, 6) is -0.294. The summed E-state index contributed by atoms with van der Waals surface area (Å²) in [6.07, 6.45) is 1.59. The van der Waals surface area contributed by atoms with Crippen LogP contribution < -0.4 is 4.84 Å². The topological polar surface area (TPSA) is 27.1 Å². The van der Waals surface area contributed by atoms with Gasteiger partial charge in [-0.05, 0) is 23.8 Å². The molecule has 20 heavy (non-hydrogen) atoms. The van der Waals surface area contributed by atoms with Crippen molar-refractivity contribution in [2.45, 2.75) is 6.61 Å². The highest BCUT2D eigenvalue weighted by atomic mass is 19.1. The van der Waals surface area contributed by atoms with E-state index in [9.17, 15) is 4.39 Å². The van der Waals surface area contributed by atoms with Gasteiger partial charge in [0.15, 0.2) is 0 Å². The Kier molecular flexibility index (Phi) is 3.46. The van der Waals surface area contributed by atoms with E-state index in [2.05, 4.69) is 5.10 Å². The lowest BCUT2D eigenvalue weighted by Crippen LogP contribution is -2.14. The highest BCUT2D eigenvalue weighted by Crippen LogP contribution is 2.21. The Labute approximate surface area is 116 Å². The Morgan fingerprint density at radius 3 is 2.50 bits per heavy atom. The molecule has 0 unspecified atom stereocenters. The van der Waals surface area contributed by atoms with Crippen LogP contribution in [0.1, 0.15) is 5.56 Å². The number of nitrogens with zero attached hydrogens (tertiary/aromatic N) is 2. The average molecular weight is 268 g/mol. The third kappa shape index (κ3) is 2.54. The molecule has 0 atom stereocenters. The average Bonchev–Trinajstić information content (AvgIpc) is 2.95. The molecule has 0 amide bonds. The van der Waals surface area contributed by atoms with Crippen molar-refractivity contribution in [2.75, 3.05) is 0 Å². The summed E-state index contributed by atoms with van der Waals surface area (Å²) < 4.78 is 13.8. The fourth-order valence-corrected chi connectivity index (χ4v) is 1.96. The van der Waals surface area contributed by atoms with E-state index in [-0.39, 0.29) is 5.82 Å². The number of hydrogen-bond acceptors (Lipinski definition) is 2.